The van der Waals surface area contributed by atoms with Crippen LogP contribution in [0.3, 0.4) is 0 Å². The van der Waals surface area contributed by atoms with Gasteiger partial charge in [-0.1, -0.05) is 0 Å². The molecule has 0 atom stereocenters. The number of rotatable bonds is 1. The zero-order valence-electron chi connectivity index (χ0n) is 3.84. The molecule has 0 aromatic heterocycles. The van der Waals surface area contributed by atoms with Crippen LogP contribution in [-0.2, 0) is 19.6 Å². The second kappa shape index (κ2) is 11.1. The Morgan fingerprint density at radius 1 is 1.57 bits per heavy atom. The Morgan fingerprint density at radius 3 is 1.71 bits per heavy atom. The standard InChI is InChI=1S/Bi.Li.OTe.2O.Zn.H/c;;1-2;;;;/q;;;;;+1;. The molecule has 0 aliphatic rings. The topological polar surface area (TPSA) is 51.2 Å². The van der Waals surface area contributed by atoms with Crippen LogP contribution in [0.1, 0.15) is 0 Å². The van der Waals surface area contributed by atoms with Crippen molar-refractivity contribution in [1.29, 1.82) is 0 Å². The molecule has 0 fully saturated rings. The molecule has 0 heterocycles. The summed E-state index contributed by atoms with van der Waals surface area (Å²) in [6, 6.07) is 0. The van der Waals surface area contributed by atoms with Crippen molar-refractivity contribution in [3.8, 4) is 0 Å². The molecule has 0 unspecified atom stereocenters. The van der Waals surface area contributed by atoms with Gasteiger partial charge in [0, 0.05) is 0 Å². The van der Waals surface area contributed by atoms with Crippen LogP contribution >= 0.6 is 0 Å². The average Bonchev–Trinajstić information content (AvgIpc) is 1.73. The summed E-state index contributed by atoms with van der Waals surface area (Å²) in [5.41, 5.74) is 0. The summed E-state index contributed by atoms with van der Waals surface area (Å²) in [6.45, 7) is 0. The fourth-order valence-electron chi connectivity index (χ4n) is 0. The molecule has 0 saturated heterocycles. The van der Waals surface area contributed by atoms with Gasteiger partial charge in [0.2, 0.25) is 0 Å². The van der Waals surface area contributed by atoms with E-state index in [0.717, 1.165) is 0 Å². The average molecular weight is 458 g/mol. The molecule has 0 N–H and O–H groups in total. The molecule has 0 amide bonds. The Balaban J connectivity index is 0. The minimum absolute atomic E-state index is 0.0556. The molecule has 7 heavy (non-hydrogen) atoms. The van der Waals surface area contributed by atoms with Gasteiger partial charge in [-0.2, -0.15) is 0 Å². The first-order valence-corrected chi connectivity index (χ1v) is 18.1. The van der Waals surface area contributed by atoms with E-state index in [-0.39, 0.29) is 24.7 Å². The van der Waals surface area contributed by atoms with Crippen LogP contribution in [0.5, 0.6) is 0 Å². The predicted molar refractivity (Wildman–Crippen MR) is 20.7 cm³/mol. The van der Waals surface area contributed by atoms with E-state index >= 15 is 0 Å². The summed E-state index contributed by atoms with van der Waals surface area (Å²) >= 11 is 0.489. The number of hydrogen-bond donors (Lipinski definition) is 0. The van der Waals surface area contributed by atoms with Crippen LogP contribution < -0.4 is 0 Å². The molecule has 0 bridgehead atoms. The van der Waals surface area contributed by atoms with Crippen molar-refractivity contribution < 1.29 is 19.6 Å². The zero-order chi connectivity index (χ0) is 6.28. The van der Waals surface area contributed by atoms with Gasteiger partial charge >= 0.3 is 77.6 Å². The Hall–Kier alpha value is 2.29. The fourth-order valence-corrected chi connectivity index (χ4v) is 0. The van der Waals surface area contributed by atoms with Gasteiger partial charge in [-0.25, -0.2) is 0 Å². The molecule has 0 aliphatic heterocycles. The molecule has 0 radical (unpaired) electrons. The van der Waals surface area contributed by atoms with Gasteiger partial charge in [-0.3, -0.25) is 0 Å². The number of hydrogen-bond acceptors (Lipinski definition) is 3. The third-order valence-electron chi connectivity index (χ3n) is 0.166. The Kier molecular flexibility index (Phi) is 19.1. The fraction of sp³-hybridized carbons (Fsp3) is 0. The molecule has 32 valence electrons. The van der Waals surface area contributed by atoms with Crippen molar-refractivity contribution in [3.05, 3.63) is 0 Å². The first kappa shape index (κ1) is 12.0. The van der Waals surface area contributed by atoms with Crippen molar-refractivity contribution in [2.45, 2.75) is 0 Å². The predicted octanol–water partition coefficient (Wildman–Crippen LogP) is -1.77. The summed E-state index contributed by atoms with van der Waals surface area (Å²) in [6.07, 6.45) is 0. The third-order valence-corrected chi connectivity index (χ3v) is 5.78. The van der Waals surface area contributed by atoms with Crippen LogP contribution in [0.2, 0.25) is 0 Å². The van der Waals surface area contributed by atoms with Crippen molar-refractivity contribution in [3.63, 3.8) is 0 Å². The summed E-state index contributed by atoms with van der Waals surface area (Å²) in [7, 11) is -2.34. The molecule has 0 rings (SSSR count). The van der Waals surface area contributed by atoms with Gasteiger partial charge in [0.25, 0.3) is 0 Å². The first-order valence-electron chi connectivity index (χ1n) is 1.66. The van der Waals surface area contributed by atoms with E-state index in [1.165, 1.54) is 0 Å². The first-order chi connectivity index (χ1) is 3.27. The molecule has 7 heteroatoms. The van der Waals surface area contributed by atoms with Gasteiger partial charge < -0.3 is 0 Å². The summed E-state index contributed by atoms with van der Waals surface area (Å²) < 4.78 is 27.8. The van der Waals surface area contributed by atoms with Crippen molar-refractivity contribution in [1.82, 2.24) is 0 Å². The maximum absolute atomic E-state index is 9.85. The van der Waals surface area contributed by atoms with Crippen molar-refractivity contribution in [2.75, 3.05) is 0 Å². The second-order valence-corrected chi connectivity index (χ2v) is 19.8. The summed E-state index contributed by atoms with van der Waals surface area (Å²) in [5, 5.41) is 0. The quantitative estimate of drug-likeness (QED) is 0.438. The van der Waals surface area contributed by atoms with E-state index in [2.05, 4.69) is 0 Å². The Morgan fingerprint density at radius 2 is 1.71 bits per heavy atom. The van der Waals surface area contributed by atoms with Gasteiger partial charge in [-0.15, -0.1) is 0 Å². The molecule has 0 saturated carbocycles. The van der Waals surface area contributed by atoms with Crippen LogP contribution in [0, 0.1) is 0 Å². The van der Waals surface area contributed by atoms with E-state index in [9.17, 15) is 6.68 Å². The molecular weight excluding hydrogens is 457 g/mol. The Labute approximate surface area is 76.1 Å². The summed E-state index contributed by atoms with van der Waals surface area (Å²) in [5.74, 6) is 0. The van der Waals surface area contributed by atoms with Gasteiger partial charge in [0.1, 0.15) is 0 Å². The normalized spacial score (nSPS) is 4.14. The van der Waals surface area contributed by atoms with E-state index in [0.29, 0.717) is 0 Å². The van der Waals surface area contributed by atoms with Crippen LogP contribution in [0.15, 0.2) is 0 Å². The van der Waals surface area contributed by atoms with Crippen LogP contribution in [-0.4, -0.2) is 58.1 Å². The van der Waals surface area contributed by atoms with Crippen molar-refractivity contribution >= 4 is 58.1 Å². The molecule has 0 aromatic rings. The van der Waals surface area contributed by atoms with Gasteiger partial charge in [0.05, 0.1) is 0 Å². The molecule has 3 nitrogen and oxygen atoms in total. The molecule has 0 aliphatic carbocycles. The Bertz CT molecular complexity index is 75.3. The molecule has 0 aromatic carbocycles. The van der Waals surface area contributed by atoms with E-state index in [1.54, 1.807) is 15.3 Å². The maximum atomic E-state index is 9.85. The van der Waals surface area contributed by atoms with Gasteiger partial charge in [0.15, 0.2) is 0 Å². The molecule has 0 spiro atoms. The van der Waals surface area contributed by atoms with E-state index in [4.69, 9.17) is 2.81 Å². The van der Waals surface area contributed by atoms with Gasteiger partial charge in [-0.05, 0) is 0 Å². The van der Waals surface area contributed by atoms with Crippen LogP contribution in [0.25, 0.3) is 0 Å². The van der Waals surface area contributed by atoms with E-state index < -0.39 is 28.2 Å². The second-order valence-electron chi connectivity index (χ2n) is 0.813. The third kappa shape index (κ3) is 17.8. The van der Waals surface area contributed by atoms with Crippen LogP contribution in [0.4, 0.5) is 0 Å². The molecular formula is HBiLiO3TeZn+. The van der Waals surface area contributed by atoms with E-state index in [1.807, 2.05) is 0 Å². The summed E-state index contributed by atoms with van der Waals surface area (Å²) in [4.78, 5) is 0. The minimum atomic E-state index is -2.34. The monoisotopic (exact) mass is 459 g/mol. The van der Waals surface area contributed by atoms with Crippen molar-refractivity contribution in [2.24, 2.45) is 0 Å². The zero-order valence-corrected chi connectivity index (χ0v) is 13.0. The SMILES string of the molecule is [Li][Zn](=[O])[Te+]=O.[O]=[BiH].